The normalized spacial score (nSPS) is 10.0. The van der Waals surface area contributed by atoms with Crippen LogP contribution in [0.25, 0.3) is 0 Å². The van der Waals surface area contributed by atoms with Crippen LogP contribution < -0.4 is 8.85 Å². The molecule has 0 amide bonds. The van der Waals surface area contributed by atoms with E-state index >= 15 is 0 Å². The standard InChI is InChI=1S/C10H14O3Si2/c1-3-14-12-9-7-5-6-8(11)10(9)13-15-4-2/h5-7,11H,3-4H2,1-2H3. The molecule has 4 radical (unpaired) electrons. The predicted octanol–water partition coefficient (Wildman–Crippen LogP) is 2.26. The Morgan fingerprint density at radius 1 is 1.13 bits per heavy atom. The van der Waals surface area contributed by atoms with Gasteiger partial charge in [0.1, 0.15) is 5.75 Å². The second kappa shape index (κ2) is 6.52. The van der Waals surface area contributed by atoms with Crippen molar-refractivity contribution < 1.29 is 14.0 Å². The van der Waals surface area contributed by atoms with Crippen LogP contribution in [0.2, 0.25) is 12.1 Å². The molecule has 0 bridgehead atoms. The number of phenols is 1. The highest BCUT2D eigenvalue weighted by molar-refractivity contribution is 6.29. The van der Waals surface area contributed by atoms with Crippen LogP contribution in [0, 0.1) is 0 Å². The maximum Gasteiger partial charge on any atom is 0.310 e. The molecule has 1 N–H and O–H groups in total. The Morgan fingerprint density at radius 2 is 1.80 bits per heavy atom. The first-order valence-electron chi connectivity index (χ1n) is 4.91. The summed E-state index contributed by atoms with van der Waals surface area (Å²) >= 11 is 0. The van der Waals surface area contributed by atoms with Gasteiger partial charge >= 0.3 is 19.5 Å². The molecular weight excluding hydrogens is 224 g/mol. The lowest BCUT2D eigenvalue weighted by atomic mass is 10.3. The Labute approximate surface area is 95.3 Å². The Kier molecular flexibility index (Phi) is 5.27. The van der Waals surface area contributed by atoms with E-state index < -0.39 is 0 Å². The fourth-order valence-electron chi connectivity index (χ4n) is 0.981. The highest BCUT2D eigenvalue weighted by atomic mass is 28.2. The summed E-state index contributed by atoms with van der Waals surface area (Å²) in [6.07, 6.45) is 0. The van der Waals surface area contributed by atoms with E-state index in [0.717, 1.165) is 12.1 Å². The first-order valence-corrected chi connectivity index (χ1v) is 7.14. The average Bonchev–Trinajstić information content (AvgIpc) is 2.25. The third kappa shape index (κ3) is 3.60. The van der Waals surface area contributed by atoms with Crippen LogP contribution >= 0.6 is 0 Å². The van der Waals surface area contributed by atoms with Gasteiger partial charge in [-0.2, -0.15) is 0 Å². The molecule has 0 saturated heterocycles. The number of phenolic OH excluding ortho intramolecular Hbond substituents is 1. The zero-order valence-corrected chi connectivity index (χ0v) is 10.9. The van der Waals surface area contributed by atoms with Gasteiger partial charge < -0.3 is 14.0 Å². The Morgan fingerprint density at radius 3 is 2.47 bits per heavy atom. The van der Waals surface area contributed by atoms with E-state index in [1.807, 2.05) is 13.0 Å². The summed E-state index contributed by atoms with van der Waals surface area (Å²) in [7, 11) is 0.755. The van der Waals surface area contributed by atoms with E-state index in [2.05, 4.69) is 6.92 Å². The molecule has 15 heavy (non-hydrogen) atoms. The summed E-state index contributed by atoms with van der Waals surface area (Å²) in [6.45, 7) is 4.09. The number of aromatic hydroxyl groups is 1. The van der Waals surface area contributed by atoms with Gasteiger partial charge in [-0.3, -0.25) is 0 Å². The fraction of sp³-hybridized carbons (Fsp3) is 0.400. The molecule has 0 heterocycles. The zero-order chi connectivity index (χ0) is 11.1. The fourth-order valence-corrected chi connectivity index (χ4v) is 1.94. The molecule has 1 aromatic rings. The van der Waals surface area contributed by atoms with E-state index in [4.69, 9.17) is 8.85 Å². The van der Waals surface area contributed by atoms with Gasteiger partial charge in [0.25, 0.3) is 0 Å². The van der Waals surface area contributed by atoms with Gasteiger partial charge in [0.15, 0.2) is 11.5 Å². The second-order valence-corrected chi connectivity index (χ2v) is 5.20. The highest BCUT2D eigenvalue weighted by Crippen LogP contribution is 2.35. The van der Waals surface area contributed by atoms with Crippen LogP contribution in [0.4, 0.5) is 0 Å². The molecule has 3 nitrogen and oxygen atoms in total. The van der Waals surface area contributed by atoms with Crippen molar-refractivity contribution in [3.63, 3.8) is 0 Å². The van der Waals surface area contributed by atoms with Crippen LogP contribution in [-0.2, 0) is 0 Å². The molecule has 0 aromatic heterocycles. The quantitative estimate of drug-likeness (QED) is 0.773. The van der Waals surface area contributed by atoms with Crippen molar-refractivity contribution in [2.45, 2.75) is 25.9 Å². The first-order chi connectivity index (χ1) is 7.29. The van der Waals surface area contributed by atoms with Crippen molar-refractivity contribution in [2.24, 2.45) is 0 Å². The molecule has 0 aliphatic heterocycles. The van der Waals surface area contributed by atoms with Crippen molar-refractivity contribution in [1.82, 2.24) is 0 Å². The molecule has 0 aliphatic rings. The van der Waals surface area contributed by atoms with Crippen molar-refractivity contribution >= 4 is 19.5 Å². The maximum atomic E-state index is 9.62. The lowest BCUT2D eigenvalue weighted by Gasteiger charge is -2.12. The maximum absolute atomic E-state index is 9.62. The second-order valence-electron chi connectivity index (χ2n) is 2.80. The van der Waals surface area contributed by atoms with E-state index in [-0.39, 0.29) is 5.75 Å². The molecule has 0 saturated carbocycles. The van der Waals surface area contributed by atoms with Gasteiger partial charge in [0.05, 0.1) is 0 Å². The lowest BCUT2D eigenvalue weighted by molar-refractivity contribution is 0.430. The summed E-state index contributed by atoms with van der Waals surface area (Å²) in [5, 5.41) is 9.62. The third-order valence-electron chi connectivity index (χ3n) is 1.60. The van der Waals surface area contributed by atoms with Gasteiger partial charge in [-0.25, -0.2) is 0 Å². The van der Waals surface area contributed by atoms with Gasteiger partial charge in [-0.05, 0) is 24.2 Å². The number of hydrogen-bond donors (Lipinski definition) is 1. The molecule has 1 rings (SSSR count). The smallest absolute Gasteiger partial charge is 0.310 e. The molecule has 0 atom stereocenters. The van der Waals surface area contributed by atoms with Crippen LogP contribution in [0.1, 0.15) is 13.8 Å². The monoisotopic (exact) mass is 238 g/mol. The summed E-state index contributed by atoms with van der Waals surface area (Å²) in [6, 6.07) is 7.08. The van der Waals surface area contributed by atoms with Crippen LogP contribution in [-0.4, -0.2) is 24.6 Å². The molecule has 0 fully saturated rings. The van der Waals surface area contributed by atoms with Crippen LogP contribution in [0.3, 0.4) is 0 Å². The SMILES string of the molecule is CC[Si]Oc1cccc(O)c1O[Si]CC. The molecule has 0 spiro atoms. The molecule has 1 aromatic carbocycles. The minimum absolute atomic E-state index is 0.148. The van der Waals surface area contributed by atoms with E-state index in [9.17, 15) is 5.11 Å². The van der Waals surface area contributed by atoms with Gasteiger partial charge in [0.2, 0.25) is 0 Å². The topological polar surface area (TPSA) is 38.7 Å². The largest absolute Gasteiger partial charge is 0.538 e. The minimum atomic E-state index is 0.148. The van der Waals surface area contributed by atoms with E-state index in [1.54, 1.807) is 12.1 Å². The number of para-hydroxylation sites is 1. The van der Waals surface area contributed by atoms with Crippen LogP contribution in [0.15, 0.2) is 18.2 Å². The molecular formula is C10H14O3Si2. The zero-order valence-electron chi connectivity index (χ0n) is 8.91. The summed E-state index contributed by atoms with van der Waals surface area (Å²) in [5.74, 6) is 1.25. The molecule has 5 heteroatoms. The molecule has 0 unspecified atom stereocenters. The summed E-state index contributed by atoms with van der Waals surface area (Å²) in [4.78, 5) is 0. The molecule has 0 aliphatic carbocycles. The Hall–Kier alpha value is -0.946. The summed E-state index contributed by atoms with van der Waals surface area (Å²) in [5.41, 5.74) is 0. The predicted molar refractivity (Wildman–Crippen MR) is 61.8 cm³/mol. The van der Waals surface area contributed by atoms with Crippen molar-refractivity contribution in [1.29, 1.82) is 0 Å². The summed E-state index contributed by atoms with van der Waals surface area (Å²) < 4.78 is 11.0. The third-order valence-corrected chi connectivity index (χ3v) is 2.89. The number of benzene rings is 1. The van der Waals surface area contributed by atoms with Crippen molar-refractivity contribution in [3.8, 4) is 17.2 Å². The average molecular weight is 238 g/mol. The van der Waals surface area contributed by atoms with Gasteiger partial charge in [0, 0.05) is 0 Å². The van der Waals surface area contributed by atoms with Gasteiger partial charge in [-0.15, -0.1) is 0 Å². The van der Waals surface area contributed by atoms with Crippen molar-refractivity contribution in [3.05, 3.63) is 18.2 Å². The number of rotatable bonds is 6. The lowest BCUT2D eigenvalue weighted by Crippen LogP contribution is -2.05. The highest BCUT2D eigenvalue weighted by Gasteiger charge is 2.09. The van der Waals surface area contributed by atoms with Crippen molar-refractivity contribution in [2.75, 3.05) is 0 Å². The molecule has 80 valence electrons. The Bertz CT molecular complexity index is 305. The first kappa shape index (κ1) is 12.1. The van der Waals surface area contributed by atoms with E-state index in [0.29, 0.717) is 31.0 Å². The minimum Gasteiger partial charge on any atom is -0.538 e. The number of hydrogen-bond acceptors (Lipinski definition) is 3. The Balaban J connectivity index is 2.77. The van der Waals surface area contributed by atoms with Crippen LogP contribution in [0.5, 0.6) is 17.2 Å². The van der Waals surface area contributed by atoms with Gasteiger partial charge in [-0.1, -0.05) is 19.9 Å². The van der Waals surface area contributed by atoms with E-state index in [1.165, 1.54) is 0 Å².